The van der Waals surface area contributed by atoms with Crippen LogP contribution in [0.3, 0.4) is 0 Å². The largest absolute Gasteiger partial charge is 0.352 e. The minimum absolute atomic E-state index is 0.108. The second-order valence-corrected chi connectivity index (χ2v) is 6.31. The van der Waals surface area contributed by atoms with Gasteiger partial charge in [-0.3, -0.25) is 9.69 Å². The zero-order chi connectivity index (χ0) is 15.6. The van der Waals surface area contributed by atoms with Gasteiger partial charge < -0.3 is 5.32 Å². The minimum atomic E-state index is -0.250. The lowest BCUT2D eigenvalue weighted by molar-refractivity contribution is -0.127. The van der Waals surface area contributed by atoms with Gasteiger partial charge in [0.15, 0.2) is 0 Å². The van der Waals surface area contributed by atoms with E-state index in [0.717, 1.165) is 37.1 Å². The predicted molar refractivity (Wildman–Crippen MR) is 86.5 cm³/mol. The first kappa shape index (κ1) is 14.3. The van der Waals surface area contributed by atoms with Crippen LogP contribution in [0.15, 0.2) is 42.9 Å². The van der Waals surface area contributed by atoms with Crippen LogP contribution >= 0.6 is 0 Å². The molecule has 2 aromatic rings. The number of nitrogens with zero attached hydrogens (tertiary/aromatic N) is 3. The molecular weight excluding hydrogens is 288 g/mol. The fourth-order valence-electron chi connectivity index (χ4n) is 3.16. The smallest absolute Gasteiger partial charge is 0.242 e. The van der Waals surface area contributed by atoms with E-state index in [-0.39, 0.29) is 11.9 Å². The minimum Gasteiger partial charge on any atom is -0.352 e. The summed E-state index contributed by atoms with van der Waals surface area (Å²) in [7, 11) is 0. The third-order valence-corrected chi connectivity index (χ3v) is 4.56. The Morgan fingerprint density at radius 2 is 2.09 bits per heavy atom. The third kappa shape index (κ3) is 3.10. The van der Waals surface area contributed by atoms with E-state index in [2.05, 4.69) is 20.2 Å². The highest BCUT2D eigenvalue weighted by molar-refractivity contribution is 5.83. The summed E-state index contributed by atoms with van der Waals surface area (Å²) in [6.07, 6.45) is 6.56. The van der Waals surface area contributed by atoms with E-state index in [4.69, 9.17) is 0 Å². The van der Waals surface area contributed by atoms with Crippen LogP contribution in [-0.2, 0) is 17.8 Å². The molecule has 0 saturated heterocycles. The highest BCUT2D eigenvalue weighted by Gasteiger charge is 2.33. The third-order valence-electron chi connectivity index (χ3n) is 4.56. The first-order valence-corrected chi connectivity index (χ1v) is 8.18. The summed E-state index contributed by atoms with van der Waals surface area (Å²) in [4.78, 5) is 23.5. The fraction of sp³-hybridized carbons (Fsp3) is 0.389. The molecular formula is C18H20N4O. The Bertz CT molecular complexity index is 699. The molecule has 1 saturated carbocycles. The van der Waals surface area contributed by atoms with Gasteiger partial charge in [0.05, 0.1) is 5.69 Å². The summed E-state index contributed by atoms with van der Waals surface area (Å²) < 4.78 is 0. The Hall–Kier alpha value is -2.27. The standard InChI is InChI=1S/C18H20N4O/c23-18(21-15-6-7-15)17(13-4-2-1-3-5-13)22-9-8-14-10-19-12-20-16(14)11-22/h1-5,10,12,15,17H,6-9,11H2,(H,21,23). The van der Waals surface area contributed by atoms with Crippen molar-refractivity contribution in [3.63, 3.8) is 0 Å². The zero-order valence-corrected chi connectivity index (χ0v) is 13.0. The molecule has 4 rings (SSSR count). The molecule has 0 spiro atoms. The maximum Gasteiger partial charge on any atom is 0.242 e. The summed E-state index contributed by atoms with van der Waals surface area (Å²) in [6.45, 7) is 1.54. The van der Waals surface area contributed by atoms with E-state index < -0.39 is 0 Å². The predicted octanol–water partition coefficient (Wildman–Crippen LogP) is 1.85. The molecule has 1 atom stereocenters. The van der Waals surface area contributed by atoms with Crippen LogP contribution in [0.25, 0.3) is 0 Å². The van der Waals surface area contributed by atoms with E-state index in [1.54, 1.807) is 6.33 Å². The summed E-state index contributed by atoms with van der Waals surface area (Å²) in [6, 6.07) is 10.2. The number of hydrogen-bond acceptors (Lipinski definition) is 4. The Morgan fingerprint density at radius 3 is 2.87 bits per heavy atom. The number of rotatable bonds is 4. The van der Waals surface area contributed by atoms with Crippen molar-refractivity contribution in [2.24, 2.45) is 0 Å². The van der Waals surface area contributed by atoms with Crippen LogP contribution in [0.5, 0.6) is 0 Å². The number of benzene rings is 1. The highest BCUT2D eigenvalue weighted by atomic mass is 16.2. The molecule has 1 aromatic carbocycles. The summed E-state index contributed by atoms with van der Waals surface area (Å²) in [5.41, 5.74) is 3.27. The molecule has 118 valence electrons. The van der Waals surface area contributed by atoms with Crippen LogP contribution in [0.1, 0.15) is 35.7 Å². The number of fused-ring (bicyclic) bond motifs is 1. The van der Waals surface area contributed by atoms with Crippen LogP contribution in [-0.4, -0.2) is 33.4 Å². The van der Waals surface area contributed by atoms with Gasteiger partial charge in [0, 0.05) is 25.3 Å². The fourth-order valence-corrected chi connectivity index (χ4v) is 3.16. The van der Waals surface area contributed by atoms with Crippen LogP contribution < -0.4 is 5.32 Å². The Kier molecular flexibility index (Phi) is 3.79. The SMILES string of the molecule is O=C(NC1CC1)C(c1ccccc1)N1CCc2cncnc2C1. The highest BCUT2D eigenvalue weighted by Crippen LogP contribution is 2.28. The van der Waals surface area contributed by atoms with Gasteiger partial charge in [0.1, 0.15) is 12.4 Å². The van der Waals surface area contributed by atoms with Crippen molar-refractivity contribution in [3.05, 3.63) is 59.7 Å². The van der Waals surface area contributed by atoms with E-state index in [0.29, 0.717) is 12.6 Å². The van der Waals surface area contributed by atoms with Gasteiger partial charge in [-0.15, -0.1) is 0 Å². The van der Waals surface area contributed by atoms with Crippen LogP contribution in [0, 0.1) is 0 Å². The van der Waals surface area contributed by atoms with E-state index >= 15 is 0 Å². The lowest BCUT2D eigenvalue weighted by Crippen LogP contribution is -2.43. The molecule has 2 heterocycles. The maximum atomic E-state index is 12.8. The van der Waals surface area contributed by atoms with E-state index in [1.807, 2.05) is 36.5 Å². The first-order valence-electron chi connectivity index (χ1n) is 8.18. The van der Waals surface area contributed by atoms with Crippen molar-refractivity contribution in [1.82, 2.24) is 20.2 Å². The van der Waals surface area contributed by atoms with Gasteiger partial charge in [0.25, 0.3) is 0 Å². The topological polar surface area (TPSA) is 58.1 Å². The van der Waals surface area contributed by atoms with Gasteiger partial charge >= 0.3 is 0 Å². The van der Waals surface area contributed by atoms with Crippen molar-refractivity contribution >= 4 is 5.91 Å². The van der Waals surface area contributed by atoms with Gasteiger partial charge in [-0.1, -0.05) is 30.3 Å². The van der Waals surface area contributed by atoms with Crippen molar-refractivity contribution in [1.29, 1.82) is 0 Å². The van der Waals surface area contributed by atoms with Crippen molar-refractivity contribution < 1.29 is 4.79 Å². The number of aromatic nitrogens is 2. The van der Waals surface area contributed by atoms with Gasteiger partial charge in [0.2, 0.25) is 5.91 Å². The van der Waals surface area contributed by atoms with E-state index in [9.17, 15) is 4.79 Å². The maximum absolute atomic E-state index is 12.8. The quantitative estimate of drug-likeness (QED) is 0.936. The molecule has 5 heteroatoms. The molecule has 5 nitrogen and oxygen atoms in total. The lowest BCUT2D eigenvalue weighted by atomic mass is 9.99. The van der Waals surface area contributed by atoms with Gasteiger partial charge in [-0.25, -0.2) is 9.97 Å². The van der Waals surface area contributed by atoms with Crippen molar-refractivity contribution in [3.8, 4) is 0 Å². The zero-order valence-electron chi connectivity index (χ0n) is 13.0. The molecule has 0 radical (unpaired) electrons. The molecule has 1 fully saturated rings. The average Bonchev–Trinajstić information content (AvgIpc) is 3.40. The molecule has 0 bridgehead atoms. The van der Waals surface area contributed by atoms with Gasteiger partial charge in [-0.05, 0) is 30.4 Å². The van der Waals surface area contributed by atoms with E-state index in [1.165, 1.54) is 5.56 Å². The molecule has 1 aromatic heterocycles. The van der Waals surface area contributed by atoms with Crippen LogP contribution in [0.2, 0.25) is 0 Å². The van der Waals surface area contributed by atoms with Crippen molar-refractivity contribution in [2.45, 2.75) is 37.9 Å². The Labute approximate surface area is 135 Å². The second-order valence-electron chi connectivity index (χ2n) is 6.31. The molecule has 1 N–H and O–H groups in total. The summed E-state index contributed by atoms with van der Waals surface area (Å²) >= 11 is 0. The summed E-state index contributed by atoms with van der Waals surface area (Å²) in [5, 5.41) is 3.16. The Morgan fingerprint density at radius 1 is 1.26 bits per heavy atom. The number of nitrogens with one attached hydrogen (secondary N) is 1. The molecule has 23 heavy (non-hydrogen) atoms. The second kappa shape index (κ2) is 6.08. The molecule has 1 aliphatic carbocycles. The van der Waals surface area contributed by atoms with Crippen molar-refractivity contribution in [2.75, 3.05) is 6.54 Å². The Balaban J connectivity index is 1.61. The number of amides is 1. The molecule has 1 aliphatic heterocycles. The lowest BCUT2D eigenvalue weighted by Gasteiger charge is -2.34. The molecule has 1 unspecified atom stereocenters. The first-order chi connectivity index (χ1) is 11.3. The number of carbonyl (C=O) groups excluding carboxylic acids is 1. The van der Waals surface area contributed by atoms with Gasteiger partial charge in [-0.2, -0.15) is 0 Å². The van der Waals surface area contributed by atoms with Crippen LogP contribution in [0.4, 0.5) is 0 Å². The monoisotopic (exact) mass is 308 g/mol. The normalized spacial score (nSPS) is 19.0. The number of carbonyl (C=O) groups is 1. The number of hydrogen-bond donors (Lipinski definition) is 1. The molecule has 1 amide bonds. The molecule has 2 aliphatic rings. The average molecular weight is 308 g/mol. The summed E-state index contributed by atoms with van der Waals surface area (Å²) in [5.74, 6) is 0.108.